The van der Waals surface area contributed by atoms with E-state index in [1.54, 1.807) is 6.20 Å². The normalized spacial score (nSPS) is 13.2. The summed E-state index contributed by atoms with van der Waals surface area (Å²) in [6, 6.07) is 5.75. The van der Waals surface area contributed by atoms with E-state index in [4.69, 9.17) is 0 Å². The monoisotopic (exact) mass is 156 g/mol. The predicted molar refractivity (Wildman–Crippen MR) is 48.6 cm³/mol. The maximum atomic E-state index is 4.12. The van der Waals surface area contributed by atoms with Crippen LogP contribution in [0.5, 0.6) is 0 Å². The summed E-state index contributed by atoms with van der Waals surface area (Å²) in [7, 11) is 0. The third kappa shape index (κ3) is 1.44. The number of nitrogens with zero attached hydrogens (tertiary/aromatic N) is 1. The zero-order valence-corrected chi connectivity index (χ0v) is 6.49. The summed E-state index contributed by atoms with van der Waals surface area (Å²) in [6.07, 6.45) is 7.51. The number of hydrogen-bond acceptors (Lipinski definition) is 2. The molecule has 1 aliphatic carbocycles. The minimum absolute atomic E-state index is 0.847. The molecule has 0 spiro atoms. The first-order valence-corrected chi connectivity index (χ1v) is 3.76. The Morgan fingerprint density at radius 3 is 3.00 bits per heavy atom. The van der Waals surface area contributed by atoms with Gasteiger partial charge in [0.05, 0.1) is 5.70 Å². The second kappa shape index (κ2) is 3.07. The molecule has 2 rings (SSSR count). The zero-order valence-electron chi connectivity index (χ0n) is 6.49. The van der Waals surface area contributed by atoms with Gasteiger partial charge in [0.25, 0.3) is 0 Å². The lowest BCUT2D eigenvalue weighted by Crippen LogP contribution is -1.95. The van der Waals surface area contributed by atoms with E-state index < -0.39 is 0 Å². The first-order valence-electron chi connectivity index (χ1n) is 3.76. The highest BCUT2D eigenvalue weighted by molar-refractivity contribution is 5.46. The molecule has 0 saturated carbocycles. The van der Waals surface area contributed by atoms with E-state index in [-0.39, 0.29) is 0 Å². The van der Waals surface area contributed by atoms with Crippen molar-refractivity contribution in [3.8, 4) is 0 Å². The van der Waals surface area contributed by atoms with E-state index in [1.165, 1.54) is 0 Å². The molecule has 1 aromatic rings. The van der Waals surface area contributed by atoms with Crippen LogP contribution in [0.2, 0.25) is 0 Å². The summed E-state index contributed by atoms with van der Waals surface area (Å²) in [5.41, 5.74) is 3.99. The van der Waals surface area contributed by atoms with Crippen molar-refractivity contribution in [2.45, 2.75) is 0 Å². The average molecular weight is 156 g/mol. The van der Waals surface area contributed by atoms with Gasteiger partial charge in [-0.3, -0.25) is 0 Å². The standard InChI is InChI=1S/C10H8N2/c1-2-6-9(5-1)12-10-7-3-4-8-11-10/h1-5,7-8H,(H,11,12). The van der Waals surface area contributed by atoms with E-state index in [0.29, 0.717) is 0 Å². The molecule has 12 heavy (non-hydrogen) atoms. The van der Waals surface area contributed by atoms with Crippen LogP contribution in [0.15, 0.2) is 54.1 Å². The molecule has 1 N–H and O–H groups in total. The summed E-state index contributed by atoms with van der Waals surface area (Å²) < 4.78 is 0. The van der Waals surface area contributed by atoms with Gasteiger partial charge in [0.1, 0.15) is 5.82 Å². The molecule has 1 aromatic heterocycles. The van der Waals surface area contributed by atoms with Crippen molar-refractivity contribution in [1.29, 1.82) is 0 Å². The fourth-order valence-electron chi connectivity index (χ4n) is 0.983. The molecule has 0 unspecified atom stereocenters. The average Bonchev–Trinajstić information content (AvgIpc) is 2.59. The quantitative estimate of drug-likeness (QED) is 0.663. The number of rotatable bonds is 2. The van der Waals surface area contributed by atoms with Gasteiger partial charge in [-0.1, -0.05) is 17.9 Å². The lowest BCUT2D eigenvalue weighted by Gasteiger charge is -2.00. The predicted octanol–water partition coefficient (Wildman–Crippen LogP) is 2.10. The molecule has 0 saturated heterocycles. The number of aromatic nitrogens is 1. The fourth-order valence-corrected chi connectivity index (χ4v) is 0.983. The van der Waals surface area contributed by atoms with Crippen LogP contribution in [0.3, 0.4) is 0 Å². The Bertz CT molecular complexity index is 357. The highest BCUT2D eigenvalue weighted by Crippen LogP contribution is 2.07. The fraction of sp³-hybridized carbons (Fsp3) is 0. The molecule has 0 fully saturated rings. The number of anilines is 1. The molecule has 1 aliphatic rings. The smallest absolute Gasteiger partial charge is 0.130 e. The van der Waals surface area contributed by atoms with Crippen molar-refractivity contribution in [3.63, 3.8) is 0 Å². The second-order valence-corrected chi connectivity index (χ2v) is 2.42. The zero-order chi connectivity index (χ0) is 8.23. The van der Waals surface area contributed by atoms with Crippen molar-refractivity contribution < 1.29 is 0 Å². The minimum Gasteiger partial charge on any atom is -0.334 e. The van der Waals surface area contributed by atoms with Crippen LogP contribution in [-0.2, 0) is 0 Å². The van der Waals surface area contributed by atoms with Crippen LogP contribution < -0.4 is 5.32 Å². The molecule has 0 bridgehead atoms. The Morgan fingerprint density at radius 2 is 2.33 bits per heavy atom. The minimum atomic E-state index is 0.847. The summed E-state index contributed by atoms with van der Waals surface area (Å²) >= 11 is 0. The topological polar surface area (TPSA) is 24.9 Å². The molecule has 2 nitrogen and oxygen atoms in total. The highest BCUT2D eigenvalue weighted by Gasteiger charge is 1.94. The number of hydrogen-bond donors (Lipinski definition) is 1. The molecule has 0 atom stereocenters. The van der Waals surface area contributed by atoms with Gasteiger partial charge >= 0.3 is 0 Å². The number of pyridine rings is 1. The van der Waals surface area contributed by atoms with E-state index in [9.17, 15) is 0 Å². The van der Waals surface area contributed by atoms with E-state index in [2.05, 4.69) is 16.0 Å². The maximum absolute atomic E-state index is 4.12. The second-order valence-electron chi connectivity index (χ2n) is 2.42. The highest BCUT2D eigenvalue weighted by atomic mass is 15.0. The third-order valence-electron chi connectivity index (χ3n) is 1.53. The van der Waals surface area contributed by atoms with Crippen LogP contribution in [0.25, 0.3) is 0 Å². The van der Waals surface area contributed by atoms with Crippen molar-refractivity contribution >= 4 is 5.82 Å². The SMILES string of the molecule is C1=CC=CC=1Nc1ccccn1. The molecular weight excluding hydrogens is 148 g/mol. The van der Waals surface area contributed by atoms with Gasteiger partial charge < -0.3 is 5.32 Å². The maximum Gasteiger partial charge on any atom is 0.130 e. The van der Waals surface area contributed by atoms with Gasteiger partial charge in [0, 0.05) is 6.20 Å². The Kier molecular flexibility index (Phi) is 1.77. The lowest BCUT2D eigenvalue weighted by atomic mass is 10.4. The summed E-state index contributed by atoms with van der Waals surface area (Å²) in [5, 5.41) is 3.12. The van der Waals surface area contributed by atoms with Gasteiger partial charge in [-0.15, -0.1) is 0 Å². The first-order chi connectivity index (χ1) is 5.95. The van der Waals surface area contributed by atoms with Crippen LogP contribution >= 0.6 is 0 Å². The summed E-state index contributed by atoms with van der Waals surface area (Å²) in [4.78, 5) is 4.12. The molecule has 58 valence electrons. The molecule has 0 aromatic carbocycles. The first kappa shape index (κ1) is 6.89. The Morgan fingerprint density at radius 1 is 1.33 bits per heavy atom. The van der Waals surface area contributed by atoms with Crippen LogP contribution in [0.4, 0.5) is 5.82 Å². The van der Waals surface area contributed by atoms with Crippen LogP contribution in [-0.4, -0.2) is 4.98 Å². The van der Waals surface area contributed by atoms with Crippen molar-refractivity contribution in [1.82, 2.24) is 4.98 Å². The molecule has 0 aliphatic heterocycles. The Balaban J connectivity index is 2.15. The Labute approximate surface area is 71.0 Å². The molecule has 0 amide bonds. The number of allylic oxidation sites excluding steroid dienone is 2. The van der Waals surface area contributed by atoms with E-state index >= 15 is 0 Å². The van der Waals surface area contributed by atoms with Crippen LogP contribution in [0.1, 0.15) is 0 Å². The van der Waals surface area contributed by atoms with E-state index in [1.807, 2.05) is 36.4 Å². The van der Waals surface area contributed by atoms with Gasteiger partial charge in [-0.2, -0.15) is 0 Å². The van der Waals surface area contributed by atoms with Gasteiger partial charge in [0.2, 0.25) is 0 Å². The van der Waals surface area contributed by atoms with Crippen molar-refractivity contribution in [3.05, 3.63) is 54.1 Å². The van der Waals surface area contributed by atoms with Gasteiger partial charge in [0.15, 0.2) is 0 Å². The molecule has 2 heteroatoms. The molecule has 0 radical (unpaired) electrons. The van der Waals surface area contributed by atoms with Gasteiger partial charge in [-0.05, 0) is 24.3 Å². The number of nitrogens with one attached hydrogen (secondary N) is 1. The Hall–Kier alpha value is -1.79. The van der Waals surface area contributed by atoms with Crippen LogP contribution in [0, 0.1) is 0 Å². The lowest BCUT2D eigenvalue weighted by molar-refractivity contribution is 1.29. The summed E-state index contributed by atoms with van der Waals surface area (Å²) in [6.45, 7) is 0. The summed E-state index contributed by atoms with van der Waals surface area (Å²) in [5.74, 6) is 0.847. The molecule has 1 heterocycles. The third-order valence-corrected chi connectivity index (χ3v) is 1.53. The van der Waals surface area contributed by atoms with Gasteiger partial charge in [-0.25, -0.2) is 4.98 Å². The van der Waals surface area contributed by atoms with Crippen molar-refractivity contribution in [2.24, 2.45) is 0 Å². The van der Waals surface area contributed by atoms with Crippen molar-refractivity contribution in [2.75, 3.05) is 5.32 Å². The van der Waals surface area contributed by atoms with E-state index in [0.717, 1.165) is 11.5 Å². The largest absolute Gasteiger partial charge is 0.334 e. The molecular formula is C10H8N2.